The van der Waals surface area contributed by atoms with E-state index in [-0.39, 0.29) is 11.9 Å². The summed E-state index contributed by atoms with van der Waals surface area (Å²) in [5, 5.41) is 4.83. The van der Waals surface area contributed by atoms with Crippen molar-refractivity contribution in [1.82, 2.24) is 24.8 Å². The zero-order valence-electron chi connectivity index (χ0n) is 19.0. The minimum Gasteiger partial charge on any atom is -0.497 e. The molecular formula is C27H22N6O2. The van der Waals surface area contributed by atoms with Gasteiger partial charge in [-0.05, 0) is 42.0 Å². The highest BCUT2D eigenvalue weighted by molar-refractivity contribution is 6.09. The van der Waals surface area contributed by atoms with Gasteiger partial charge in [0.05, 0.1) is 29.7 Å². The van der Waals surface area contributed by atoms with E-state index < -0.39 is 0 Å². The largest absolute Gasteiger partial charge is 0.497 e. The zero-order valence-corrected chi connectivity index (χ0v) is 19.0. The number of nitrogens with one attached hydrogen (secondary N) is 1. The van der Waals surface area contributed by atoms with E-state index in [4.69, 9.17) is 15.5 Å². The maximum atomic E-state index is 12.3. The molecule has 1 aliphatic rings. The number of amides is 1. The molecule has 0 bridgehead atoms. The number of carbonyl (C=O) groups is 1. The van der Waals surface area contributed by atoms with Crippen LogP contribution in [-0.4, -0.2) is 32.5 Å². The van der Waals surface area contributed by atoms with Crippen LogP contribution in [0.2, 0.25) is 0 Å². The smallest absolute Gasteiger partial charge is 0.243 e. The molecule has 0 radical (unpaired) electrons. The molecule has 35 heavy (non-hydrogen) atoms. The maximum Gasteiger partial charge on any atom is 0.243 e. The third-order valence-corrected chi connectivity index (χ3v) is 6.50. The molecule has 1 unspecified atom stereocenters. The van der Waals surface area contributed by atoms with Crippen LogP contribution in [0, 0.1) is 0 Å². The summed E-state index contributed by atoms with van der Waals surface area (Å²) in [6.45, 7) is 4.06. The minimum atomic E-state index is -0.313. The highest BCUT2D eigenvalue weighted by Crippen LogP contribution is 2.48. The van der Waals surface area contributed by atoms with E-state index in [0.717, 1.165) is 44.2 Å². The van der Waals surface area contributed by atoms with Gasteiger partial charge in [-0.15, -0.1) is 0 Å². The van der Waals surface area contributed by atoms with Crippen molar-refractivity contribution < 1.29 is 9.53 Å². The van der Waals surface area contributed by atoms with Crippen molar-refractivity contribution in [3.05, 3.63) is 79.3 Å². The Labute approximate surface area is 201 Å². The molecule has 1 aliphatic heterocycles. The number of fused-ring (bicyclic) bond motifs is 6. The number of ether oxygens (including phenoxy) is 1. The fourth-order valence-electron chi connectivity index (χ4n) is 4.95. The van der Waals surface area contributed by atoms with E-state index in [1.165, 1.54) is 12.4 Å². The van der Waals surface area contributed by atoms with E-state index in [0.29, 0.717) is 23.8 Å². The zero-order chi connectivity index (χ0) is 24.1. The summed E-state index contributed by atoms with van der Waals surface area (Å²) >= 11 is 0. The van der Waals surface area contributed by atoms with Gasteiger partial charge in [0.25, 0.3) is 0 Å². The van der Waals surface area contributed by atoms with Crippen molar-refractivity contribution in [2.75, 3.05) is 12.8 Å². The fraction of sp³-hybridized carbons (Fsp3) is 0.111. The van der Waals surface area contributed by atoms with Crippen LogP contribution >= 0.6 is 0 Å². The van der Waals surface area contributed by atoms with Crippen LogP contribution in [0.15, 0.2) is 73.7 Å². The first-order valence-electron chi connectivity index (χ1n) is 11.2. The first kappa shape index (κ1) is 20.9. The topological polar surface area (TPSA) is 108 Å². The monoisotopic (exact) mass is 462 g/mol. The number of methoxy groups -OCH3 is 1. The van der Waals surface area contributed by atoms with Gasteiger partial charge in [0.2, 0.25) is 5.91 Å². The minimum absolute atomic E-state index is 0.253. The van der Waals surface area contributed by atoms with Crippen molar-refractivity contribution in [1.29, 1.82) is 0 Å². The Bertz CT molecular complexity index is 1660. The Morgan fingerprint density at radius 1 is 1.20 bits per heavy atom. The number of nitrogens with two attached hydrogens (primary N) is 1. The molecule has 1 atom stereocenters. The number of anilines is 1. The van der Waals surface area contributed by atoms with Crippen LogP contribution in [0.1, 0.15) is 11.6 Å². The van der Waals surface area contributed by atoms with Crippen LogP contribution in [0.25, 0.3) is 44.3 Å². The Hall–Kier alpha value is -4.72. The van der Waals surface area contributed by atoms with Gasteiger partial charge >= 0.3 is 0 Å². The molecule has 4 heterocycles. The number of para-hydroxylation sites is 1. The number of aromatic nitrogens is 4. The molecule has 0 fully saturated rings. The van der Waals surface area contributed by atoms with Gasteiger partial charge in [0, 0.05) is 34.8 Å². The number of nitrogens with zero attached hydrogens (tertiary/aromatic N) is 4. The maximum absolute atomic E-state index is 12.3. The molecule has 3 aromatic heterocycles. The first-order valence-corrected chi connectivity index (χ1v) is 11.2. The van der Waals surface area contributed by atoms with Crippen molar-refractivity contribution >= 4 is 33.7 Å². The Morgan fingerprint density at radius 2 is 2.06 bits per heavy atom. The van der Waals surface area contributed by atoms with Gasteiger partial charge in [-0.3, -0.25) is 9.78 Å². The lowest BCUT2D eigenvalue weighted by molar-refractivity contribution is -0.117. The second-order valence-electron chi connectivity index (χ2n) is 8.43. The summed E-state index contributed by atoms with van der Waals surface area (Å²) in [5.74, 6) is 0.845. The lowest BCUT2D eigenvalue weighted by Gasteiger charge is -2.29. The molecule has 3 N–H and O–H groups in total. The molecule has 6 rings (SSSR count). The van der Waals surface area contributed by atoms with Crippen molar-refractivity contribution in [2.24, 2.45) is 0 Å². The average molecular weight is 463 g/mol. The summed E-state index contributed by atoms with van der Waals surface area (Å²) in [4.78, 5) is 25.9. The highest BCUT2D eigenvalue weighted by Gasteiger charge is 2.32. The molecule has 8 nitrogen and oxygen atoms in total. The van der Waals surface area contributed by atoms with Crippen LogP contribution in [0.3, 0.4) is 0 Å². The quantitative estimate of drug-likeness (QED) is 0.387. The van der Waals surface area contributed by atoms with E-state index >= 15 is 0 Å². The number of pyridine rings is 1. The first-order chi connectivity index (χ1) is 17.1. The Kier molecular flexibility index (Phi) is 4.74. The number of hydrogen-bond donors (Lipinski definition) is 2. The van der Waals surface area contributed by atoms with Gasteiger partial charge < -0.3 is 20.4 Å². The molecular weight excluding hydrogens is 440 g/mol. The average Bonchev–Trinajstić information content (AvgIpc) is 3.23. The van der Waals surface area contributed by atoms with E-state index in [2.05, 4.69) is 32.5 Å². The van der Waals surface area contributed by atoms with Crippen molar-refractivity contribution in [3.8, 4) is 28.1 Å². The molecule has 0 spiro atoms. The van der Waals surface area contributed by atoms with E-state index in [1.54, 1.807) is 7.11 Å². The second kappa shape index (κ2) is 7.95. The Morgan fingerprint density at radius 3 is 2.89 bits per heavy atom. The van der Waals surface area contributed by atoms with Gasteiger partial charge in [-0.1, -0.05) is 24.8 Å². The number of nitrogen functional groups attached to an aromatic ring is 1. The van der Waals surface area contributed by atoms with Crippen LogP contribution in [0.5, 0.6) is 5.75 Å². The number of benzene rings is 2. The van der Waals surface area contributed by atoms with E-state index in [9.17, 15) is 4.79 Å². The predicted molar refractivity (Wildman–Crippen MR) is 136 cm³/mol. The number of rotatable bonds is 4. The predicted octanol–water partition coefficient (Wildman–Crippen LogP) is 4.26. The third kappa shape index (κ3) is 3.22. The van der Waals surface area contributed by atoms with Gasteiger partial charge in [-0.2, -0.15) is 0 Å². The number of hydrogen-bond acceptors (Lipinski definition) is 6. The summed E-state index contributed by atoms with van der Waals surface area (Å²) in [6, 6.07) is 15.7. The molecule has 5 aromatic rings. The Balaban J connectivity index is 1.68. The second-order valence-corrected chi connectivity index (χ2v) is 8.43. The van der Waals surface area contributed by atoms with E-state index in [1.807, 2.05) is 48.7 Å². The summed E-state index contributed by atoms with van der Waals surface area (Å²) in [5.41, 5.74) is 12.7. The lowest BCUT2D eigenvalue weighted by atomic mass is 9.90. The summed E-state index contributed by atoms with van der Waals surface area (Å²) in [6.07, 6.45) is 4.60. The van der Waals surface area contributed by atoms with Crippen LogP contribution in [-0.2, 0) is 11.3 Å². The summed E-state index contributed by atoms with van der Waals surface area (Å²) in [7, 11) is 1.63. The van der Waals surface area contributed by atoms with Crippen molar-refractivity contribution in [3.63, 3.8) is 0 Å². The number of carbonyl (C=O) groups excluding carboxylic acids is 1. The molecule has 0 saturated carbocycles. The van der Waals surface area contributed by atoms with Crippen LogP contribution in [0.4, 0.5) is 5.82 Å². The van der Waals surface area contributed by atoms with Gasteiger partial charge in [0.15, 0.2) is 0 Å². The normalized spacial score (nSPS) is 14.4. The standard InChI is InChI=1S/C27H22N6O2/c1-3-22(34)32-21-13-33-25(18-9-8-17(35-2)11-19(18)21)23(24-26(28)30-14-31-27(24)33)16-10-15-6-4-5-7-20(15)29-12-16/h3-12,14,21H,1,13H2,2H3,(H,32,34)(H2,28,30,31). The molecule has 0 saturated heterocycles. The SMILES string of the molecule is C=CC(=O)NC1Cn2c(c(-c3cnc4ccccc4c3)c3c(N)ncnc32)-c2ccc(OC)cc21. The van der Waals surface area contributed by atoms with Gasteiger partial charge in [-0.25, -0.2) is 9.97 Å². The van der Waals surface area contributed by atoms with Gasteiger partial charge in [0.1, 0.15) is 23.5 Å². The van der Waals surface area contributed by atoms with Crippen molar-refractivity contribution in [2.45, 2.75) is 12.6 Å². The molecule has 8 heteroatoms. The highest BCUT2D eigenvalue weighted by atomic mass is 16.5. The fourth-order valence-corrected chi connectivity index (χ4v) is 4.95. The lowest BCUT2D eigenvalue weighted by Crippen LogP contribution is -2.32. The molecule has 1 amide bonds. The molecule has 172 valence electrons. The molecule has 0 aliphatic carbocycles. The van der Waals surface area contributed by atoms with Crippen LogP contribution < -0.4 is 15.8 Å². The molecule has 2 aromatic carbocycles. The third-order valence-electron chi connectivity index (χ3n) is 6.50. The summed E-state index contributed by atoms with van der Waals surface area (Å²) < 4.78 is 7.59.